The minimum Gasteiger partial charge on any atom is -0.354 e. The van der Waals surface area contributed by atoms with Gasteiger partial charge < -0.3 is 10.7 Å². The number of anilines is 1. The summed E-state index contributed by atoms with van der Waals surface area (Å²) in [4.78, 5) is 12.3. The molecule has 1 heterocycles. The number of nitrogen functional groups attached to an aromatic ring is 1. The molecule has 23 heavy (non-hydrogen) atoms. The molecule has 3 rings (SSSR count). The molecule has 0 fully saturated rings. The van der Waals surface area contributed by atoms with E-state index in [2.05, 4.69) is 31.8 Å². The Hall–Kier alpha value is -2.45. The van der Waals surface area contributed by atoms with E-state index in [9.17, 15) is 9.18 Å². The third-order valence-electron chi connectivity index (χ3n) is 3.43. The molecule has 0 spiro atoms. The van der Waals surface area contributed by atoms with Crippen molar-refractivity contribution in [1.29, 1.82) is 0 Å². The maximum Gasteiger partial charge on any atom is 0.270 e. The molecule has 118 valence electrons. The van der Waals surface area contributed by atoms with Crippen LogP contribution in [0.5, 0.6) is 0 Å². The van der Waals surface area contributed by atoms with Crippen LogP contribution in [0.1, 0.15) is 10.5 Å². The van der Waals surface area contributed by atoms with E-state index in [0.717, 1.165) is 0 Å². The number of aromatic nitrogens is 2. The maximum atomic E-state index is 13.1. The summed E-state index contributed by atoms with van der Waals surface area (Å²) in [6.07, 6.45) is 0. The first-order chi connectivity index (χ1) is 11.0. The lowest BCUT2D eigenvalue weighted by molar-refractivity contribution is 0.0957. The number of hydrogen-bond acceptors (Lipinski definition) is 4. The third-order valence-corrected chi connectivity index (χ3v) is 4.08. The average Bonchev–Trinajstić information content (AvgIpc) is 2.92. The van der Waals surface area contributed by atoms with Crippen LogP contribution >= 0.6 is 15.9 Å². The van der Waals surface area contributed by atoms with E-state index in [1.807, 2.05) is 0 Å². The molecule has 0 atom stereocenters. The number of rotatable bonds is 3. The first-order valence-corrected chi connectivity index (χ1v) is 7.51. The van der Waals surface area contributed by atoms with Crippen LogP contribution in [0.25, 0.3) is 16.6 Å². The molecular formula is C15H13BrFN5O. The normalized spacial score (nSPS) is 10.8. The molecule has 8 heteroatoms. The number of halogens is 2. The zero-order valence-electron chi connectivity index (χ0n) is 12.1. The predicted molar refractivity (Wildman–Crippen MR) is 89.9 cm³/mol. The summed E-state index contributed by atoms with van der Waals surface area (Å²) in [6, 6.07) is 9.25. The summed E-state index contributed by atoms with van der Waals surface area (Å²) in [5, 5.41) is 7.70. The zero-order valence-corrected chi connectivity index (χ0v) is 13.7. The van der Waals surface area contributed by atoms with Crippen LogP contribution in [0.3, 0.4) is 0 Å². The number of fused-ring (bicyclic) bond motifs is 1. The van der Waals surface area contributed by atoms with E-state index in [0.29, 0.717) is 32.4 Å². The van der Waals surface area contributed by atoms with Gasteiger partial charge in [0.15, 0.2) is 0 Å². The Kier molecular flexibility index (Phi) is 4.01. The number of carbonyl (C=O) groups excluding carboxylic acids is 1. The number of amides is 1. The SMILES string of the molecule is CNC(=O)c1c2cc(Br)c(NN)cc2nn1-c1ccc(F)cc1. The second kappa shape index (κ2) is 5.98. The predicted octanol–water partition coefficient (Wildman–Crippen LogP) is 2.57. The molecule has 6 nitrogen and oxygen atoms in total. The van der Waals surface area contributed by atoms with Gasteiger partial charge in [-0.15, -0.1) is 0 Å². The molecule has 0 aliphatic heterocycles. The second-order valence-corrected chi connectivity index (χ2v) is 5.66. The number of benzene rings is 2. The fourth-order valence-corrected chi connectivity index (χ4v) is 2.78. The summed E-state index contributed by atoms with van der Waals surface area (Å²) in [6.45, 7) is 0. The zero-order chi connectivity index (χ0) is 16.6. The van der Waals surface area contributed by atoms with E-state index in [1.54, 1.807) is 31.3 Å². The Morgan fingerprint density at radius 1 is 1.30 bits per heavy atom. The van der Waals surface area contributed by atoms with Crippen molar-refractivity contribution in [1.82, 2.24) is 15.1 Å². The van der Waals surface area contributed by atoms with Crippen molar-refractivity contribution >= 4 is 38.4 Å². The molecular weight excluding hydrogens is 365 g/mol. The minimum absolute atomic E-state index is 0.294. The van der Waals surface area contributed by atoms with Crippen molar-refractivity contribution in [3.8, 4) is 5.69 Å². The van der Waals surface area contributed by atoms with Crippen LogP contribution in [-0.2, 0) is 0 Å². The first kappa shape index (κ1) is 15.4. The van der Waals surface area contributed by atoms with Gasteiger partial charge in [0, 0.05) is 16.9 Å². The van der Waals surface area contributed by atoms with Crippen LogP contribution in [-0.4, -0.2) is 22.7 Å². The molecule has 2 aromatic carbocycles. The van der Waals surface area contributed by atoms with Gasteiger partial charge in [0.2, 0.25) is 0 Å². The van der Waals surface area contributed by atoms with E-state index in [-0.39, 0.29) is 11.7 Å². The molecule has 1 aromatic heterocycles. The van der Waals surface area contributed by atoms with Crippen molar-refractivity contribution in [2.75, 3.05) is 12.5 Å². The van der Waals surface area contributed by atoms with E-state index < -0.39 is 0 Å². The summed E-state index contributed by atoms with van der Waals surface area (Å²) < 4.78 is 15.3. The number of nitrogens with two attached hydrogens (primary N) is 1. The molecule has 4 N–H and O–H groups in total. The summed E-state index contributed by atoms with van der Waals surface area (Å²) >= 11 is 3.40. The summed E-state index contributed by atoms with van der Waals surface area (Å²) in [7, 11) is 1.54. The largest absolute Gasteiger partial charge is 0.354 e. The summed E-state index contributed by atoms with van der Waals surface area (Å²) in [5.41, 5.74) is 4.73. The smallest absolute Gasteiger partial charge is 0.270 e. The Labute approximate surface area is 139 Å². The standard InChI is InChI=1S/C15H13BrFN5O/c1-19-15(23)14-10-6-11(16)13(20-18)7-12(10)21-22(14)9-4-2-8(17)3-5-9/h2-7,20H,18H2,1H3,(H,19,23). The molecule has 0 bridgehead atoms. The van der Waals surface area contributed by atoms with Crippen LogP contribution in [0, 0.1) is 5.82 Å². The number of carbonyl (C=O) groups is 1. The molecule has 0 aliphatic carbocycles. The van der Waals surface area contributed by atoms with Crippen LogP contribution < -0.4 is 16.6 Å². The Balaban J connectivity index is 2.31. The molecule has 0 saturated heterocycles. The fourth-order valence-electron chi connectivity index (χ4n) is 2.32. The lowest BCUT2D eigenvalue weighted by atomic mass is 10.2. The van der Waals surface area contributed by atoms with Gasteiger partial charge in [0.1, 0.15) is 11.5 Å². The Morgan fingerprint density at radius 2 is 2.00 bits per heavy atom. The van der Waals surface area contributed by atoms with Crippen LogP contribution in [0.4, 0.5) is 10.1 Å². The van der Waals surface area contributed by atoms with Gasteiger partial charge in [-0.05, 0) is 52.3 Å². The summed E-state index contributed by atoms with van der Waals surface area (Å²) in [5.74, 6) is 4.81. The first-order valence-electron chi connectivity index (χ1n) is 6.72. The highest BCUT2D eigenvalue weighted by Crippen LogP contribution is 2.30. The Morgan fingerprint density at radius 3 is 2.61 bits per heavy atom. The highest BCUT2D eigenvalue weighted by atomic mass is 79.9. The molecule has 3 aromatic rings. The van der Waals surface area contributed by atoms with Gasteiger partial charge in [0.25, 0.3) is 5.91 Å². The van der Waals surface area contributed by atoms with Crippen LogP contribution in [0.2, 0.25) is 0 Å². The van der Waals surface area contributed by atoms with Crippen molar-refractivity contribution in [3.05, 3.63) is 52.4 Å². The van der Waals surface area contributed by atoms with Gasteiger partial charge in [-0.2, -0.15) is 5.10 Å². The molecule has 1 amide bonds. The number of nitrogens with zero attached hydrogens (tertiary/aromatic N) is 2. The Bertz CT molecular complexity index is 891. The molecule has 0 aliphatic rings. The number of nitrogens with one attached hydrogen (secondary N) is 2. The van der Waals surface area contributed by atoms with Gasteiger partial charge >= 0.3 is 0 Å². The van der Waals surface area contributed by atoms with Crippen molar-refractivity contribution in [3.63, 3.8) is 0 Å². The topological polar surface area (TPSA) is 85.0 Å². The van der Waals surface area contributed by atoms with Gasteiger partial charge in [-0.25, -0.2) is 9.07 Å². The minimum atomic E-state index is -0.357. The van der Waals surface area contributed by atoms with Crippen LogP contribution in [0.15, 0.2) is 40.9 Å². The number of hydrazine groups is 1. The monoisotopic (exact) mass is 377 g/mol. The van der Waals surface area contributed by atoms with Crippen molar-refractivity contribution in [2.24, 2.45) is 5.84 Å². The third kappa shape index (κ3) is 2.66. The lowest BCUT2D eigenvalue weighted by Crippen LogP contribution is -2.21. The molecule has 0 radical (unpaired) electrons. The quantitative estimate of drug-likeness (QED) is 0.483. The van der Waals surface area contributed by atoms with E-state index in [1.165, 1.54) is 16.8 Å². The highest BCUT2D eigenvalue weighted by molar-refractivity contribution is 9.10. The highest BCUT2D eigenvalue weighted by Gasteiger charge is 2.20. The second-order valence-electron chi connectivity index (χ2n) is 4.81. The van der Waals surface area contributed by atoms with E-state index in [4.69, 9.17) is 5.84 Å². The number of hydrogen-bond donors (Lipinski definition) is 3. The van der Waals surface area contributed by atoms with Crippen molar-refractivity contribution < 1.29 is 9.18 Å². The fraction of sp³-hybridized carbons (Fsp3) is 0.0667. The van der Waals surface area contributed by atoms with Gasteiger partial charge in [-0.3, -0.25) is 10.6 Å². The van der Waals surface area contributed by atoms with Gasteiger partial charge in [-0.1, -0.05) is 0 Å². The maximum absolute atomic E-state index is 13.1. The molecule has 0 unspecified atom stereocenters. The van der Waals surface area contributed by atoms with Crippen molar-refractivity contribution in [2.45, 2.75) is 0 Å². The van der Waals surface area contributed by atoms with E-state index >= 15 is 0 Å². The van der Waals surface area contributed by atoms with Gasteiger partial charge in [0.05, 0.1) is 16.9 Å². The molecule has 0 saturated carbocycles. The average molecular weight is 378 g/mol. The lowest BCUT2D eigenvalue weighted by Gasteiger charge is -2.07.